The van der Waals surface area contributed by atoms with Crippen molar-refractivity contribution < 1.29 is 0 Å². The maximum atomic E-state index is 12.2. The number of pyridine rings is 1. The topological polar surface area (TPSA) is 48.0 Å². The smallest absolute Gasteiger partial charge is 0.255 e. The molecule has 112 valence electrons. The SMILES string of the molecule is CC1(C)C=C(n2ccccc2=O)c2cc(C(N)=S)ccc2C1. The van der Waals surface area contributed by atoms with Crippen LogP contribution in [0.5, 0.6) is 0 Å². The van der Waals surface area contributed by atoms with Crippen LogP contribution in [0.2, 0.25) is 0 Å². The summed E-state index contributed by atoms with van der Waals surface area (Å²) in [6.45, 7) is 4.34. The van der Waals surface area contributed by atoms with Crippen molar-refractivity contribution in [1.29, 1.82) is 0 Å². The lowest BCUT2D eigenvalue weighted by atomic mass is 9.77. The highest BCUT2D eigenvalue weighted by Gasteiger charge is 2.26. The number of fused-ring (bicyclic) bond motifs is 1. The summed E-state index contributed by atoms with van der Waals surface area (Å²) >= 11 is 5.08. The van der Waals surface area contributed by atoms with Gasteiger partial charge in [-0.3, -0.25) is 9.36 Å². The van der Waals surface area contributed by atoms with Gasteiger partial charge in [0, 0.05) is 23.4 Å². The molecule has 0 aliphatic heterocycles. The molecule has 0 radical (unpaired) electrons. The van der Waals surface area contributed by atoms with Gasteiger partial charge in [0.05, 0.1) is 5.70 Å². The molecule has 0 saturated carbocycles. The van der Waals surface area contributed by atoms with Crippen LogP contribution in [0.4, 0.5) is 0 Å². The molecule has 3 rings (SSSR count). The van der Waals surface area contributed by atoms with E-state index >= 15 is 0 Å². The number of hydrogen-bond acceptors (Lipinski definition) is 2. The summed E-state index contributed by atoms with van der Waals surface area (Å²) in [6.07, 6.45) is 4.87. The first kappa shape index (κ1) is 14.7. The largest absolute Gasteiger partial charge is 0.389 e. The molecule has 0 bridgehead atoms. The average Bonchev–Trinajstić information content (AvgIpc) is 2.45. The summed E-state index contributed by atoms with van der Waals surface area (Å²) in [5.74, 6) is 0. The molecule has 3 nitrogen and oxygen atoms in total. The van der Waals surface area contributed by atoms with Gasteiger partial charge in [0.2, 0.25) is 0 Å². The van der Waals surface area contributed by atoms with Crippen molar-refractivity contribution in [3.63, 3.8) is 0 Å². The minimum absolute atomic E-state index is 0.0116. The van der Waals surface area contributed by atoms with Gasteiger partial charge in [0.1, 0.15) is 4.99 Å². The highest BCUT2D eigenvalue weighted by molar-refractivity contribution is 7.80. The van der Waals surface area contributed by atoms with Crippen LogP contribution < -0.4 is 11.3 Å². The van der Waals surface area contributed by atoms with E-state index in [2.05, 4.69) is 26.0 Å². The zero-order valence-electron chi connectivity index (χ0n) is 12.7. The molecule has 4 heteroatoms. The Morgan fingerprint density at radius 2 is 2.05 bits per heavy atom. The van der Waals surface area contributed by atoms with Gasteiger partial charge in [0.25, 0.3) is 5.56 Å². The van der Waals surface area contributed by atoms with E-state index in [0.29, 0.717) is 4.99 Å². The third-order valence-electron chi connectivity index (χ3n) is 3.93. The fraction of sp³-hybridized carbons (Fsp3) is 0.222. The Bertz CT molecular complexity index is 846. The van der Waals surface area contributed by atoms with Gasteiger partial charge in [0.15, 0.2) is 0 Å². The molecule has 2 aromatic rings. The molecule has 0 spiro atoms. The van der Waals surface area contributed by atoms with E-state index in [4.69, 9.17) is 18.0 Å². The Kier molecular flexibility index (Phi) is 3.49. The minimum atomic E-state index is -0.0434. The van der Waals surface area contributed by atoms with Gasteiger partial charge in [-0.25, -0.2) is 0 Å². The third kappa shape index (κ3) is 2.62. The Balaban J connectivity index is 2.27. The number of hydrogen-bond donors (Lipinski definition) is 1. The molecule has 0 unspecified atom stereocenters. The van der Waals surface area contributed by atoms with Gasteiger partial charge in [-0.1, -0.05) is 50.3 Å². The number of nitrogens with two attached hydrogens (primary N) is 1. The second-order valence-corrected chi connectivity index (χ2v) is 6.78. The van der Waals surface area contributed by atoms with Gasteiger partial charge in [-0.2, -0.15) is 0 Å². The second kappa shape index (κ2) is 5.21. The Hall–Kier alpha value is -2.20. The predicted octanol–water partition coefficient (Wildman–Crippen LogP) is 2.95. The average molecular weight is 310 g/mol. The number of allylic oxidation sites excluding steroid dienone is 1. The van der Waals surface area contributed by atoms with E-state index in [1.807, 2.05) is 18.2 Å². The zero-order valence-corrected chi connectivity index (χ0v) is 13.5. The van der Waals surface area contributed by atoms with Crippen LogP contribution in [0.15, 0.2) is 53.5 Å². The third-order valence-corrected chi connectivity index (χ3v) is 4.16. The van der Waals surface area contributed by atoms with E-state index in [-0.39, 0.29) is 11.0 Å². The maximum Gasteiger partial charge on any atom is 0.255 e. The molecule has 0 amide bonds. The highest BCUT2D eigenvalue weighted by atomic mass is 32.1. The van der Waals surface area contributed by atoms with E-state index < -0.39 is 0 Å². The lowest BCUT2D eigenvalue weighted by Gasteiger charge is -2.30. The first-order valence-electron chi connectivity index (χ1n) is 7.21. The molecule has 1 aliphatic rings. The van der Waals surface area contributed by atoms with E-state index in [0.717, 1.165) is 23.2 Å². The van der Waals surface area contributed by atoms with Crippen LogP contribution in [-0.4, -0.2) is 9.56 Å². The Morgan fingerprint density at radius 3 is 2.73 bits per heavy atom. The highest BCUT2D eigenvalue weighted by Crippen LogP contribution is 2.37. The Labute approximate surface area is 135 Å². The summed E-state index contributed by atoms with van der Waals surface area (Å²) < 4.78 is 1.68. The summed E-state index contributed by atoms with van der Waals surface area (Å²) in [5.41, 5.74) is 9.66. The minimum Gasteiger partial charge on any atom is -0.389 e. The quantitative estimate of drug-likeness (QED) is 0.868. The lowest BCUT2D eigenvalue weighted by molar-refractivity contribution is 0.470. The summed E-state index contributed by atoms with van der Waals surface area (Å²) in [7, 11) is 0. The van der Waals surface area contributed by atoms with Crippen LogP contribution in [0.1, 0.15) is 30.5 Å². The van der Waals surface area contributed by atoms with Crippen LogP contribution >= 0.6 is 12.2 Å². The molecule has 1 aromatic carbocycles. The molecule has 1 heterocycles. The van der Waals surface area contributed by atoms with Crippen molar-refractivity contribution in [3.05, 3.63) is 75.7 Å². The fourth-order valence-electron chi connectivity index (χ4n) is 2.94. The van der Waals surface area contributed by atoms with Gasteiger partial charge in [-0.05, 0) is 29.5 Å². The Morgan fingerprint density at radius 1 is 1.27 bits per heavy atom. The van der Waals surface area contributed by atoms with Crippen LogP contribution in [0.25, 0.3) is 5.70 Å². The van der Waals surface area contributed by atoms with Crippen LogP contribution in [0, 0.1) is 5.41 Å². The lowest BCUT2D eigenvalue weighted by Crippen LogP contribution is -2.25. The van der Waals surface area contributed by atoms with Crippen molar-refractivity contribution in [2.75, 3.05) is 0 Å². The van der Waals surface area contributed by atoms with Crippen LogP contribution in [-0.2, 0) is 6.42 Å². The molecule has 22 heavy (non-hydrogen) atoms. The molecule has 2 N–H and O–H groups in total. The van der Waals surface area contributed by atoms with Crippen molar-refractivity contribution in [1.82, 2.24) is 4.57 Å². The van der Waals surface area contributed by atoms with E-state index in [1.54, 1.807) is 22.9 Å². The molecular weight excluding hydrogens is 292 g/mol. The fourth-order valence-corrected chi connectivity index (χ4v) is 3.06. The number of rotatable bonds is 2. The molecule has 1 aromatic heterocycles. The number of nitrogens with zero attached hydrogens (tertiary/aromatic N) is 1. The second-order valence-electron chi connectivity index (χ2n) is 6.34. The predicted molar refractivity (Wildman–Crippen MR) is 93.9 cm³/mol. The van der Waals surface area contributed by atoms with Crippen molar-refractivity contribution in [3.8, 4) is 0 Å². The van der Waals surface area contributed by atoms with Crippen LogP contribution in [0.3, 0.4) is 0 Å². The van der Waals surface area contributed by atoms with E-state index in [9.17, 15) is 4.79 Å². The van der Waals surface area contributed by atoms with Gasteiger partial charge >= 0.3 is 0 Å². The first-order valence-corrected chi connectivity index (χ1v) is 7.62. The van der Waals surface area contributed by atoms with Gasteiger partial charge < -0.3 is 5.73 Å². The number of thiocarbonyl (C=S) groups is 1. The molecule has 0 fully saturated rings. The molecule has 1 aliphatic carbocycles. The monoisotopic (exact) mass is 310 g/mol. The molecular formula is C18H18N2OS. The molecule has 0 saturated heterocycles. The first-order chi connectivity index (χ1) is 10.4. The number of benzene rings is 1. The number of aromatic nitrogens is 1. The summed E-state index contributed by atoms with van der Waals surface area (Å²) in [6, 6.07) is 11.2. The summed E-state index contributed by atoms with van der Waals surface area (Å²) in [4.78, 5) is 12.6. The van der Waals surface area contributed by atoms with Crippen molar-refractivity contribution >= 4 is 22.9 Å². The van der Waals surface area contributed by atoms with Gasteiger partial charge in [-0.15, -0.1) is 0 Å². The molecule has 0 atom stereocenters. The normalized spacial score (nSPS) is 15.8. The zero-order chi connectivity index (χ0) is 15.9. The van der Waals surface area contributed by atoms with E-state index in [1.165, 1.54) is 5.56 Å². The maximum absolute atomic E-state index is 12.2. The van der Waals surface area contributed by atoms with Crippen molar-refractivity contribution in [2.24, 2.45) is 11.1 Å². The standard InChI is InChI=1S/C18H18N2OS/c1-18(2)10-13-7-6-12(17(19)22)9-14(13)15(11-18)20-8-4-3-5-16(20)21/h3-9,11H,10H2,1-2H3,(H2,19,22). The van der Waals surface area contributed by atoms with Crippen molar-refractivity contribution in [2.45, 2.75) is 20.3 Å². The summed E-state index contributed by atoms with van der Waals surface area (Å²) in [5, 5.41) is 0.